The topological polar surface area (TPSA) is 52.1 Å². The van der Waals surface area contributed by atoms with E-state index in [1.807, 2.05) is 12.1 Å². The van der Waals surface area contributed by atoms with Gasteiger partial charge in [0.25, 0.3) is 11.8 Å². The lowest BCUT2D eigenvalue weighted by atomic mass is 10.3. The molecule has 0 fully saturated rings. The van der Waals surface area contributed by atoms with Gasteiger partial charge in [-0.15, -0.1) is 11.1 Å². The van der Waals surface area contributed by atoms with Crippen LogP contribution in [0.3, 0.4) is 0 Å². The van der Waals surface area contributed by atoms with E-state index in [-0.39, 0.29) is 0 Å². The van der Waals surface area contributed by atoms with Crippen LogP contribution in [0.25, 0.3) is 22.2 Å². The molecular weight excluding hydrogens is 332 g/mol. The largest absolute Gasteiger partial charge is 0.430 e. The fourth-order valence-corrected chi connectivity index (χ4v) is 2.90. The summed E-state index contributed by atoms with van der Waals surface area (Å²) in [5.74, 6) is 6.96. The number of rotatable bonds is 0. The van der Waals surface area contributed by atoms with Crippen LogP contribution in [0.1, 0.15) is 11.8 Å². The van der Waals surface area contributed by atoms with Gasteiger partial charge < -0.3 is 8.83 Å². The highest BCUT2D eigenvalue weighted by molar-refractivity contribution is 6.84. The molecule has 2 heterocycles. The molecule has 0 aliphatic rings. The third kappa shape index (κ3) is 3.97. The molecular formula is C18H20N2O2Si2. The second kappa shape index (κ2) is 5.66. The molecule has 0 N–H and O–H groups in total. The molecule has 122 valence electrons. The lowest BCUT2D eigenvalue weighted by molar-refractivity contribution is 0.585. The highest BCUT2D eigenvalue weighted by atomic mass is 28.3. The fourth-order valence-electron chi connectivity index (χ4n) is 1.94. The Kier molecular flexibility index (Phi) is 3.91. The zero-order valence-corrected chi connectivity index (χ0v) is 16.9. The quantitative estimate of drug-likeness (QED) is 0.444. The fraction of sp³-hybridized carbons (Fsp3) is 0.333. The van der Waals surface area contributed by atoms with E-state index in [1.165, 1.54) is 0 Å². The molecule has 3 rings (SSSR count). The van der Waals surface area contributed by atoms with Crippen LogP contribution in [0.2, 0.25) is 39.3 Å². The molecule has 0 aliphatic carbocycles. The summed E-state index contributed by atoms with van der Waals surface area (Å²) in [4.78, 5) is 8.85. The molecule has 0 spiro atoms. The van der Waals surface area contributed by atoms with Crippen molar-refractivity contribution in [2.45, 2.75) is 39.3 Å². The lowest BCUT2D eigenvalue weighted by Crippen LogP contribution is -2.16. The highest BCUT2D eigenvalue weighted by Crippen LogP contribution is 2.23. The van der Waals surface area contributed by atoms with Crippen LogP contribution < -0.4 is 0 Å². The van der Waals surface area contributed by atoms with Gasteiger partial charge in [0.2, 0.25) is 0 Å². The summed E-state index contributed by atoms with van der Waals surface area (Å²) in [6.07, 6.45) is 0. The van der Waals surface area contributed by atoms with E-state index >= 15 is 0 Å². The minimum Gasteiger partial charge on any atom is -0.430 e. The molecule has 0 saturated heterocycles. The molecule has 3 aromatic rings. The van der Waals surface area contributed by atoms with E-state index in [2.05, 4.69) is 72.2 Å². The van der Waals surface area contributed by atoms with Crippen molar-refractivity contribution in [2.75, 3.05) is 0 Å². The number of benzene rings is 1. The van der Waals surface area contributed by atoms with Crippen LogP contribution in [-0.2, 0) is 0 Å². The van der Waals surface area contributed by atoms with E-state index in [0.29, 0.717) is 22.9 Å². The number of oxazole rings is 2. The van der Waals surface area contributed by atoms with Gasteiger partial charge in [-0.25, -0.2) is 9.97 Å². The predicted molar refractivity (Wildman–Crippen MR) is 102 cm³/mol. The molecule has 4 nitrogen and oxygen atoms in total. The normalized spacial score (nSPS) is 11.9. The van der Waals surface area contributed by atoms with Gasteiger partial charge in [-0.3, -0.25) is 0 Å². The molecule has 0 bridgehead atoms. The van der Waals surface area contributed by atoms with Gasteiger partial charge in [0.15, 0.2) is 11.2 Å². The van der Waals surface area contributed by atoms with Crippen LogP contribution in [0.4, 0.5) is 0 Å². The zero-order chi connectivity index (χ0) is 17.5. The first-order chi connectivity index (χ1) is 11.1. The summed E-state index contributed by atoms with van der Waals surface area (Å²) in [5, 5.41) is 0. The molecule has 0 aliphatic heterocycles. The van der Waals surface area contributed by atoms with Crippen molar-refractivity contribution < 1.29 is 8.83 Å². The Bertz CT molecular complexity index is 909. The van der Waals surface area contributed by atoms with Crippen LogP contribution in [0.5, 0.6) is 0 Å². The van der Waals surface area contributed by atoms with Gasteiger partial charge in [-0.1, -0.05) is 39.3 Å². The average Bonchev–Trinajstić information content (AvgIpc) is 3.00. The molecule has 6 heteroatoms. The number of nitrogens with zero attached hydrogens (tertiary/aromatic N) is 2. The van der Waals surface area contributed by atoms with E-state index < -0.39 is 16.1 Å². The highest BCUT2D eigenvalue weighted by Gasteiger charge is 2.13. The van der Waals surface area contributed by atoms with Crippen molar-refractivity contribution in [3.8, 4) is 22.9 Å². The molecule has 24 heavy (non-hydrogen) atoms. The minimum atomic E-state index is -1.46. The zero-order valence-electron chi connectivity index (χ0n) is 14.9. The second-order valence-electron chi connectivity index (χ2n) is 7.83. The first kappa shape index (κ1) is 16.6. The first-order valence-corrected chi connectivity index (χ1v) is 14.9. The Hall–Kier alpha value is -2.29. The summed E-state index contributed by atoms with van der Waals surface area (Å²) in [5.41, 5.74) is 9.29. The van der Waals surface area contributed by atoms with Crippen LogP contribution in [-0.4, -0.2) is 26.1 Å². The summed E-state index contributed by atoms with van der Waals surface area (Å²) >= 11 is 0. The lowest BCUT2D eigenvalue weighted by Gasteiger charge is -2.01. The Morgan fingerprint density at radius 3 is 1.42 bits per heavy atom. The van der Waals surface area contributed by atoms with E-state index in [0.717, 1.165) is 11.0 Å². The smallest absolute Gasteiger partial charge is 0.273 e. The average molecular weight is 353 g/mol. The molecule has 0 unspecified atom stereocenters. The van der Waals surface area contributed by atoms with Gasteiger partial charge in [0, 0.05) is 12.1 Å². The van der Waals surface area contributed by atoms with Crippen LogP contribution in [0, 0.1) is 22.9 Å². The van der Waals surface area contributed by atoms with E-state index in [1.54, 1.807) is 0 Å². The number of hydrogen-bond donors (Lipinski definition) is 0. The maximum absolute atomic E-state index is 5.72. The van der Waals surface area contributed by atoms with Crippen molar-refractivity contribution in [2.24, 2.45) is 0 Å². The van der Waals surface area contributed by atoms with Crippen molar-refractivity contribution >= 4 is 38.3 Å². The standard InChI is InChI=1S/C18H20N2O2Si2/c1-23(2,3)9-7-17-19-13-11-16-14(12-15(13)21-17)20-18(22-16)8-10-24(4,5)6/h11-12H,1-6H3. The Labute approximate surface area is 143 Å². The predicted octanol–water partition coefficient (Wildman–Crippen LogP) is 4.43. The Balaban J connectivity index is 2.01. The summed E-state index contributed by atoms with van der Waals surface area (Å²) in [6.45, 7) is 13.1. The SMILES string of the molecule is C[Si](C)(C)C#Cc1nc2cc3oc(C#C[Si](C)(C)C)nc3cc2o1. The maximum atomic E-state index is 5.72. The number of hydrogen-bond acceptors (Lipinski definition) is 4. The van der Waals surface area contributed by atoms with Gasteiger partial charge in [-0.05, 0) is 11.8 Å². The van der Waals surface area contributed by atoms with Gasteiger partial charge >= 0.3 is 0 Å². The van der Waals surface area contributed by atoms with Gasteiger partial charge in [0.05, 0.1) is 0 Å². The van der Waals surface area contributed by atoms with Crippen molar-refractivity contribution in [3.05, 3.63) is 23.9 Å². The molecule has 0 atom stereocenters. The number of fused-ring (bicyclic) bond motifs is 2. The van der Waals surface area contributed by atoms with Crippen LogP contribution >= 0.6 is 0 Å². The van der Waals surface area contributed by atoms with Crippen LogP contribution in [0.15, 0.2) is 21.0 Å². The first-order valence-electron chi connectivity index (χ1n) is 7.87. The minimum absolute atomic E-state index is 0.443. The number of aromatic nitrogens is 2. The van der Waals surface area contributed by atoms with E-state index in [9.17, 15) is 0 Å². The molecule has 0 radical (unpaired) electrons. The van der Waals surface area contributed by atoms with Crippen molar-refractivity contribution in [1.82, 2.24) is 9.97 Å². The van der Waals surface area contributed by atoms with Crippen molar-refractivity contribution in [3.63, 3.8) is 0 Å². The Morgan fingerprint density at radius 2 is 1.08 bits per heavy atom. The van der Waals surface area contributed by atoms with E-state index in [4.69, 9.17) is 8.83 Å². The third-order valence-corrected chi connectivity index (χ3v) is 4.74. The molecule has 1 aromatic carbocycles. The van der Waals surface area contributed by atoms with Gasteiger partial charge in [0.1, 0.15) is 27.2 Å². The molecule has 2 aromatic heterocycles. The molecule has 0 saturated carbocycles. The second-order valence-corrected chi connectivity index (χ2v) is 17.3. The molecule has 0 amide bonds. The third-order valence-electron chi connectivity index (χ3n) is 2.99. The summed E-state index contributed by atoms with van der Waals surface area (Å²) < 4.78 is 11.4. The monoisotopic (exact) mass is 352 g/mol. The summed E-state index contributed by atoms with van der Waals surface area (Å²) in [6, 6.07) is 3.67. The summed E-state index contributed by atoms with van der Waals surface area (Å²) in [7, 11) is -2.92. The Morgan fingerprint density at radius 1 is 0.708 bits per heavy atom. The maximum Gasteiger partial charge on any atom is 0.273 e. The van der Waals surface area contributed by atoms with Crippen molar-refractivity contribution in [1.29, 1.82) is 0 Å². The van der Waals surface area contributed by atoms with Gasteiger partial charge in [-0.2, -0.15) is 0 Å².